The number of aromatic nitrogens is 1. The standard InChI is InChI=1S/C15H22N2O2S/c1-15(2,11-16(3)4)20(18,19)14-10-17(5)13-9-7-6-8-12(13)14/h6-10H,11H2,1-5H3. The molecule has 0 aliphatic rings. The Morgan fingerprint density at radius 1 is 1.20 bits per heavy atom. The van der Waals surface area contributed by atoms with Gasteiger partial charge in [0.2, 0.25) is 0 Å². The number of para-hydroxylation sites is 1. The zero-order chi connectivity index (χ0) is 15.1. The zero-order valence-electron chi connectivity index (χ0n) is 12.7. The van der Waals surface area contributed by atoms with Crippen molar-refractivity contribution in [2.24, 2.45) is 7.05 Å². The Kier molecular flexibility index (Phi) is 3.69. The maximum Gasteiger partial charge on any atom is 0.186 e. The Morgan fingerprint density at radius 3 is 2.40 bits per heavy atom. The maximum absolute atomic E-state index is 13.0. The van der Waals surface area contributed by atoms with Crippen LogP contribution in [0.3, 0.4) is 0 Å². The van der Waals surface area contributed by atoms with Crippen molar-refractivity contribution >= 4 is 20.7 Å². The lowest BCUT2D eigenvalue weighted by atomic mass is 10.2. The highest BCUT2D eigenvalue weighted by atomic mass is 32.2. The molecule has 0 saturated carbocycles. The van der Waals surface area contributed by atoms with Crippen LogP contribution in [-0.4, -0.2) is 43.3 Å². The smallest absolute Gasteiger partial charge is 0.186 e. The van der Waals surface area contributed by atoms with E-state index in [0.29, 0.717) is 11.4 Å². The Morgan fingerprint density at radius 2 is 1.80 bits per heavy atom. The van der Waals surface area contributed by atoms with E-state index in [2.05, 4.69) is 0 Å². The van der Waals surface area contributed by atoms with Crippen molar-refractivity contribution < 1.29 is 8.42 Å². The quantitative estimate of drug-likeness (QED) is 0.869. The Balaban J connectivity index is 2.64. The van der Waals surface area contributed by atoms with Crippen molar-refractivity contribution in [2.75, 3.05) is 20.6 Å². The summed E-state index contributed by atoms with van der Waals surface area (Å²) >= 11 is 0. The lowest BCUT2D eigenvalue weighted by molar-refractivity contribution is 0.361. The van der Waals surface area contributed by atoms with Crippen LogP contribution >= 0.6 is 0 Å². The van der Waals surface area contributed by atoms with Gasteiger partial charge in [-0.05, 0) is 34.0 Å². The number of hydrogen-bond acceptors (Lipinski definition) is 3. The van der Waals surface area contributed by atoms with Crippen LogP contribution in [0.25, 0.3) is 10.9 Å². The van der Waals surface area contributed by atoms with Crippen LogP contribution in [-0.2, 0) is 16.9 Å². The first kappa shape index (κ1) is 15.1. The lowest BCUT2D eigenvalue weighted by Gasteiger charge is -2.27. The van der Waals surface area contributed by atoms with E-state index in [9.17, 15) is 8.42 Å². The number of nitrogens with zero attached hydrogens (tertiary/aromatic N) is 2. The molecule has 1 aromatic carbocycles. The molecular weight excluding hydrogens is 272 g/mol. The predicted molar refractivity (Wildman–Crippen MR) is 82.7 cm³/mol. The Labute approximate surface area is 120 Å². The summed E-state index contributed by atoms with van der Waals surface area (Å²) in [5.41, 5.74) is 0.937. The number of hydrogen-bond donors (Lipinski definition) is 0. The van der Waals surface area contributed by atoms with Gasteiger partial charge in [-0.2, -0.15) is 0 Å². The molecule has 20 heavy (non-hydrogen) atoms. The molecule has 0 unspecified atom stereocenters. The van der Waals surface area contributed by atoms with Crippen molar-refractivity contribution in [3.63, 3.8) is 0 Å². The van der Waals surface area contributed by atoms with Gasteiger partial charge in [0, 0.05) is 30.7 Å². The van der Waals surface area contributed by atoms with Gasteiger partial charge in [0.1, 0.15) is 0 Å². The number of sulfone groups is 1. The first-order valence-corrected chi connectivity index (χ1v) is 8.08. The van der Waals surface area contributed by atoms with Gasteiger partial charge in [0.05, 0.1) is 9.64 Å². The normalized spacial score (nSPS) is 13.3. The van der Waals surface area contributed by atoms with E-state index in [1.54, 1.807) is 20.0 Å². The van der Waals surface area contributed by atoms with Crippen LogP contribution in [0, 0.1) is 0 Å². The van der Waals surface area contributed by atoms with Crippen LogP contribution in [0.15, 0.2) is 35.4 Å². The number of aryl methyl sites for hydroxylation is 1. The molecule has 0 saturated heterocycles. The van der Waals surface area contributed by atoms with E-state index in [0.717, 1.165) is 10.9 Å². The van der Waals surface area contributed by atoms with Gasteiger partial charge >= 0.3 is 0 Å². The van der Waals surface area contributed by atoms with Crippen LogP contribution in [0.4, 0.5) is 0 Å². The van der Waals surface area contributed by atoms with E-state index >= 15 is 0 Å². The number of fused-ring (bicyclic) bond motifs is 1. The largest absolute Gasteiger partial charge is 0.349 e. The SMILES string of the molecule is CN(C)CC(C)(C)S(=O)(=O)c1cn(C)c2ccccc12. The third kappa shape index (κ3) is 2.36. The lowest BCUT2D eigenvalue weighted by Crippen LogP contribution is -2.41. The molecule has 0 fully saturated rings. The summed E-state index contributed by atoms with van der Waals surface area (Å²) in [5, 5.41) is 0.793. The first-order chi connectivity index (χ1) is 9.17. The topological polar surface area (TPSA) is 42.3 Å². The van der Waals surface area contributed by atoms with Gasteiger partial charge in [-0.15, -0.1) is 0 Å². The Hall–Kier alpha value is -1.33. The third-order valence-electron chi connectivity index (χ3n) is 3.57. The fourth-order valence-electron chi connectivity index (χ4n) is 2.66. The summed E-state index contributed by atoms with van der Waals surface area (Å²) in [6, 6.07) is 7.60. The fourth-order valence-corrected chi connectivity index (χ4v) is 4.45. The number of benzene rings is 1. The van der Waals surface area contributed by atoms with Crippen molar-refractivity contribution in [1.82, 2.24) is 9.47 Å². The highest BCUT2D eigenvalue weighted by Crippen LogP contribution is 2.32. The highest BCUT2D eigenvalue weighted by Gasteiger charge is 2.38. The van der Waals surface area contributed by atoms with E-state index in [4.69, 9.17) is 0 Å². The summed E-state index contributed by atoms with van der Waals surface area (Å²) in [4.78, 5) is 2.32. The van der Waals surface area contributed by atoms with Gasteiger partial charge in [-0.1, -0.05) is 18.2 Å². The molecule has 0 amide bonds. The second kappa shape index (κ2) is 4.90. The minimum absolute atomic E-state index is 0.419. The van der Waals surface area contributed by atoms with E-state index < -0.39 is 14.6 Å². The van der Waals surface area contributed by atoms with Crippen LogP contribution in [0.1, 0.15) is 13.8 Å². The van der Waals surface area contributed by atoms with E-state index in [-0.39, 0.29) is 0 Å². The predicted octanol–water partition coefficient (Wildman–Crippen LogP) is 2.29. The second-order valence-corrected chi connectivity index (χ2v) is 8.67. The highest BCUT2D eigenvalue weighted by molar-refractivity contribution is 7.93. The van der Waals surface area contributed by atoms with Crippen molar-refractivity contribution in [3.05, 3.63) is 30.5 Å². The van der Waals surface area contributed by atoms with Gasteiger partial charge in [-0.3, -0.25) is 0 Å². The molecule has 0 N–H and O–H groups in total. The van der Waals surface area contributed by atoms with Gasteiger partial charge in [0.15, 0.2) is 9.84 Å². The zero-order valence-corrected chi connectivity index (χ0v) is 13.5. The minimum atomic E-state index is -3.40. The molecule has 1 aromatic heterocycles. The van der Waals surface area contributed by atoms with Crippen LogP contribution < -0.4 is 0 Å². The van der Waals surface area contributed by atoms with E-state index in [1.165, 1.54) is 0 Å². The minimum Gasteiger partial charge on any atom is -0.349 e. The third-order valence-corrected chi connectivity index (χ3v) is 6.06. The summed E-state index contributed by atoms with van der Waals surface area (Å²) in [5.74, 6) is 0. The van der Waals surface area contributed by atoms with Crippen molar-refractivity contribution in [2.45, 2.75) is 23.5 Å². The summed E-state index contributed by atoms with van der Waals surface area (Å²) in [7, 11) is 2.25. The van der Waals surface area contributed by atoms with Gasteiger partial charge < -0.3 is 9.47 Å². The molecule has 2 rings (SSSR count). The summed E-state index contributed by atoms with van der Waals surface area (Å²) < 4.78 is 27.0. The number of rotatable bonds is 4. The molecular formula is C15H22N2O2S. The van der Waals surface area contributed by atoms with Gasteiger partial charge in [-0.25, -0.2) is 8.42 Å². The second-order valence-electron chi connectivity index (χ2n) is 6.12. The van der Waals surface area contributed by atoms with Gasteiger partial charge in [0.25, 0.3) is 0 Å². The average Bonchev–Trinajstić information content (AvgIpc) is 2.66. The summed E-state index contributed by atoms with van der Waals surface area (Å²) in [6.07, 6.45) is 1.72. The van der Waals surface area contributed by atoms with Crippen molar-refractivity contribution in [3.8, 4) is 0 Å². The molecule has 0 bridgehead atoms. The molecule has 0 radical (unpaired) electrons. The molecule has 0 aliphatic heterocycles. The summed E-state index contributed by atoms with van der Waals surface area (Å²) in [6.45, 7) is 4.05. The molecule has 2 aromatic rings. The van der Waals surface area contributed by atoms with E-state index in [1.807, 2.05) is 54.9 Å². The average molecular weight is 294 g/mol. The van der Waals surface area contributed by atoms with Crippen LogP contribution in [0.5, 0.6) is 0 Å². The van der Waals surface area contributed by atoms with Crippen molar-refractivity contribution in [1.29, 1.82) is 0 Å². The fraction of sp³-hybridized carbons (Fsp3) is 0.467. The molecule has 0 aliphatic carbocycles. The first-order valence-electron chi connectivity index (χ1n) is 6.60. The monoisotopic (exact) mass is 294 g/mol. The molecule has 1 heterocycles. The molecule has 4 nitrogen and oxygen atoms in total. The van der Waals surface area contributed by atoms with Crippen LogP contribution in [0.2, 0.25) is 0 Å². The molecule has 0 atom stereocenters. The Bertz CT molecular complexity index is 727. The molecule has 5 heteroatoms. The molecule has 110 valence electrons. The molecule has 0 spiro atoms. The maximum atomic E-state index is 13.0.